The van der Waals surface area contributed by atoms with Crippen LogP contribution in [0.2, 0.25) is 0 Å². The van der Waals surface area contributed by atoms with Gasteiger partial charge in [0.15, 0.2) is 0 Å². The van der Waals surface area contributed by atoms with Crippen LogP contribution < -0.4 is 15.8 Å². The van der Waals surface area contributed by atoms with Crippen LogP contribution in [0.3, 0.4) is 0 Å². The third-order valence-corrected chi connectivity index (χ3v) is 4.56. The maximum absolute atomic E-state index is 3.51. The van der Waals surface area contributed by atoms with Crippen LogP contribution in [0, 0.1) is 0 Å². The lowest BCUT2D eigenvalue weighted by Crippen LogP contribution is -2.33. The van der Waals surface area contributed by atoms with Crippen molar-refractivity contribution < 1.29 is 0 Å². The molecule has 0 fully saturated rings. The van der Waals surface area contributed by atoms with Crippen LogP contribution in [-0.4, -0.2) is 19.1 Å². The first kappa shape index (κ1) is 12.3. The highest BCUT2D eigenvalue weighted by molar-refractivity contribution is 7.71. The van der Waals surface area contributed by atoms with Crippen molar-refractivity contribution in [3.05, 3.63) is 60.7 Å². The van der Waals surface area contributed by atoms with Gasteiger partial charge in [-0.2, -0.15) is 0 Å². The predicted molar refractivity (Wildman–Crippen MR) is 75.9 cm³/mol. The second-order valence-corrected chi connectivity index (χ2v) is 5.90. The topological polar surface area (TPSA) is 15.3 Å². The van der Waals surface area contributed by atoms with Crippen molar-refractivity contribution in [2.24, 2.45) is 0 Å². The molecule has 0 aliphatic heterocycles. The molecule has 0 spiro atoms. The Morgan fingerprint density at radius 3 is 1.53 bits per heavy atom. The Morgan fingerprint density at radius 2 is 1.18 bits per heavy atom. The summed E-state index contributed by atoms with van der Waals surface area (Å²) in [6.45, 7) is 0. The third-order valence-electron chi connectivity index (χ3n) is 2.33. The zero-order chi connectivity index (χ0) is 12.1. The van der Waals surface area contributed by atoms with E-state index in [2.05, 4.69) is 65.9 Å². The SMILES string of the molecule is CN(C)NP(c1ccccc1)c1ccccc1. The fraction of sp³-hybridized carbons (Fsp3) is 0.143. The molecule has 2 aromatic rings. The number of hydrazine groups is 1. The van der Waals surface area contributed by atoms with E-state index in [1.807, 2.05) is 19.1 Å². The summed E-state index contributed by atoms with van der Waals surface area (Å²) in [5.41, 5.74) is 0. The van der Waals surface area contributed by atoms with Crippen LogP contribution in [0.1, 0.15) is 0 Å². The van der Waals surface area contributed by atoms with E-state index >= 15 is 0 Å². The first-order chi connectivity index (χ1) is 8.27. The molecule has 17 heavy (non-hydrogen) atoms. The summed E-state index contributed by atoms with van der Waals surface area (Å²) in [5.74, 6) is 0. The van der Waals surface area contributed by atoms with E-state index in [4.69, 9.17) is 0 Å². The lowest BCUT2D eigenvalue weighted by molar-refractivity contribution is 0.381. The predicted octanol–water partition coefficient (Wildman–Crippen LogP) is 2.10. The Bertz CT molecular complexity index is 403. The molecule has 88 valence electrons. The first-order valence-electron chi connectivity index (χ1n) is 5.61. The molecule has 0 aromatic heterocycles. The Labute approximate surface area is 104 Å². The van der Waals surface area contributed by atoms with Gasteiger partial charge in [-0.05, 0) is 10.6 Å². The van der Waals surface area contributed by atoms with Crippen molar-refractivity contribution in [3.63, 3.8) is 0 Å². The number of hydrogen-bond acceptors (Lipinski definition) is 2. The van der Waals surface area contributed by atoms with Crippen LogP contribution in [0.4, 0.5) is 0 Å². The molecule has 0 radical (unpaired) electrons. The van der Waals surface area contributed by atoms with Gasteiger partial charge in [0.2, 0.25) is 0 Å². The zero-order valence-electron chi connectivity index (χ0n) is 10.2. The number of nitrogens with zero attached hydrogens (tertiary/aromatic N) is 1. The van der Waals surface area contributed by atoms with Gasteiger partial charge >= 0.3 is 0 Å². The van der Waals surface area contributed by atoms with E-state index in [-0.39, 0.29) is 0 Å². The lowest BCUT2D eigenvalue weighted by atomic mass is 10.4. The van der Waals surface area contributed by atoms with Gasteiger partial charge in [0.1, 0.15) is 0 Å². The number of hydrogen-bond donors (Lipinski definition) is 1. The fourth-order valence-electron chi connectivity index (χ4n) is 1.62. The third kappa shape index (κ3) is 3.37. The second kappa shape index (κ2) is 5.92. The largest absolute Gasteiger partial charge is 0.246 e. The van der Waals surface area contributed by atoms with E-state index in [0.29, 0.717) is 0 Å². The van der Waals surface area contributed by atoms with E-state index in [9.17, 15) is 0 Å². The molecule has 2 nitrogen and oxygen atoms in total. The van der Waals surface area contributed by atoms with Crippen LogP contribution in [0.15, 0.2) is 60.7 Å². The molecule has 0 saturated heterocycles. The molecule has 0 unspecified atom stereocenters. The Kier molecular flexibility index (Phi) is 4.27. The number of benzene rings is 2. The minimum absolute atomic E-state index is 0.514. The molecule has 1 N–H and O–H groups in total. The Balaban J connectivity index is 2.32. The highest BCUT2D eigenvalue weighted by atomic mass is 31.1. The molecule has 0 amide bonds. The van der Waals surface area contributed by atoms with Crippen molar-refractivity contribution >= 4 is 18.7 Å². The summed E-state index contributed by atoms with van der Waals surface area (Å²) < 4.78 is 0. The number of nitrogens with one attached hydrogen (secondary N) is 1. The average Bonchev–Trinajstić information content (AvgIpc) is 2.38. The van der Waals surface area contributed by atoms with Crippen molar-refractivity contribution in [2.45, 2.75) is 0 Å². The molecular formula is C14H17N2P. The van der Waals surface area contributed by atoms with Gasteiger partial charge in [-0.25, -0.2) is 10.2 Å². The first-order valence-corrected chi connectivity index (χ1v) is 6.95. The molecule has 2 rings (SSSR count). The van der Waals surface area contributed by atoms with Gasteiger partial charge < -0.3 is 0 Å². The van der Waals surface area contributed by atoms with E-state index < -0.39 is 8.07 Å². The van der Waals surface area contributed by atoms with Crippen molar-refractivity contribution in [1.82, 2.24) is 10.2 Å². The summed E-state index contributed by atoms with van der Waals surface area (Å²) in [6.07, 6.45) is 0. The van der Waals surface area contributed by atoms with E-state index in [1.165, 1.54) is 10.6 Å². The molecule has 0 atom stereocenters. The smallest absolute Gasteiger partial charge is 0.0398 e. The van der Waals surface area contributed by atoms with Gasteiger partial charge in [0.25, 0.3) is 0 Å². The van der Waals surface area contributed by atoms with Gasteiger partial charge in [-0.3, -0.25) is 0 Å². The summed E-state index contributed by atoms with van der Waals surface area (Å²) in [6, 6.07) is 21.2. The maximum Gasteiger partial charge on any atom is 0.0398 e. The highest BCUT2D eigenvalue weighted by Crippen LogP contribution is 2.28. The van der Waals surface area contributed by atoms with Gasteiger partial charge in [0.05, 0.1) is 0 Å². The Morgan fingerprint density at radius 1 is 0.765 bits per heavy atom. The summed E-state index contributed by atoms with van der Waals surface area (Å²) in [4.78, 5) is 0. The molecule has 0 bridgehead atoms. The molecule has 0 aliphatic rings. The van der Waals surface area contributed by atoms with Crippen LogP contribution in [-0.2, 0) is 0 Å². The lowest BCUT2D eigenvalue weighted by Gasteiger charge is -2.23. The van der Waals surface area contributed by atoms with Gasteiger partial charge in [0, 0.05) is 22.2 Å². The second-order valence-electron chi connectivity index (χ2n) is 4.00. The monoisotopic (exact) mass is 244 g/mol. The highest BCUT2D eigenvalue weighted by Gasteiger charge is 2.13. The quantitative estimate of drug-likeness (QED) is 0.654. The van der Waals surface area contributed by atoms with Crippen LogP contribution >= 0.6 is 8.07 Å². The van der Waals surface area contributed by atoms with Crippen molar-refractivity contribution in [2.75, 3.05) is 14.1 Å². The van der Waals surface area contributed by atoms with Gasteiger partial charge in [-0.15, -0.1) is 0 Å². The minimum atomic E-state index is -0.514. The number of rotatable bonds is 4. The summed E-state index contributed by atoms with van der Waals surface area (Å²) >= 11 is 0. The summed E-state index contributed by atoms with van der Waals surface area (Å²) in [5, 5.41) is 8.20. The minimum Gasteiger partial charge on any atom is -0.246 e. The van der Waals surface area contributed by atoms with E-state index in [1.54, 1.807) is 0 Å². The molecule has 0 aliphatic carbocycles. The standard InChI is InChI=1S/C14H17N2P/c1-16(2)15-17(13-9-5-3-6-10-13)14-11-7-4-8-12-14/h3-12,15H,1-2H3. The average molecular weight is 244 g/mol. The summed E-state index contributed by atoms with van der Waals surface area (Å²) in [7, 11) is 3.54. The fourth-order valence-corrected chi connectivity index (χ4v) is 3.49. The van der Waals surface area contributed by atoms with Gasteiger partial charge in [-0.1, -0.05) is 60.7 Å². The Hall–Kier alpha value is -1.21. The normalized spacial score (nSPS) is 11.1. The van der Waals surface area contributed by atoms with Crippen molar-refractivity contribution in [1.29, 1.82) is 0 Å². The molecule has 0 saturated carbocycles. The van der Waals surface area contributed by atoms with Crippen LogP contribution in [0.5, 0.6) is 0 Å². The van der Waals surface area contributed by atoms with Crippen LogP contribution in [0.25, 0.3) is 0 Å². The van der Waals surface area contributed by atoms with E-state index in [0.717, 1.165) is 0 Å². The molecule has 0 heterocycles. The zero-order valence-corrected chi connectivity index (χ0v) is 11.1. The maximum atomic E-state index is 3.51. The molecule has 2 aromatic carbocycles. The van der Waals surface area contributed by atoms with Crippen molar-refractivity contribution in [3.8, 4) is 0 Å². The molecular weight excluding hydrogens is 227 g/mol. The molecule has 3 heteroatoms.